The molecule has 0 aliphatic carbocycles. The fraction of sp³-hybridized carbons (Fsp3) is 0.346. The number of carbonyl (C=O) groups excluding carboxylic acids is 1. The van der Waals surface area contributed by atoms with Crippen LogP contribution in [0.3, 0.4) is 0 Å². The second kappa shape index (κ2) is 14.3. The first-order chi connectivity index (χ1) is 17.8. The average molecular weight is 547 g/mol. The highest BCUT2D eigenvalue weighted by atomic mass is 32.2. The Labute approximate surface area is 221 Å². The molecule has 11 nitrogen and oxygen atoms in total. The molecule has 3 aromatic rings. The summed E-state index contributed by atoms with van der Waals surface area (Å²) in [6.45, 7) is 1.83. The van der Waals surface area contributed by atoms with Crippen LogP contribution in [0.5, 0.6) is 0 Å². The van der Waals surface area contributed by atoms with Gasteiger partial charge in [0.2, 0.25) is 15.9 Å². The zero-order valence-electron chi connectivity index (χ0n) is 21.7. The molecular formula is C26H34N4O7S. The Bertz CT molecular complexity index is 1340. The summed E-state index contributed by atoms with van der Waals surface area (Å²) in [7, 11) is 0.934. The van der Waals surface area contributed by atoms with Gasteiger partial charge in [-0.15, -0.1) is 0 Å². The number of hydrogen-bond donors (Lipinski definition) is 5. The van der Waals surface area contributed by atoms with E-state index in [0.717, 1.165) is 42.3 Å². The van der Waals surface area contributed by atoms with Crippen LogP contribution in [0.15, 0.2) is 48.7 Å². The van der Waals surface area contributed by atoms with Gasteiger partial charge in [-0.3, -0.25) is 4.79 Å². The Balaban J connectivity index is 0.000000757. The second-order valence-corrected chi connectivity index (χ2v) is 10.9. The second-order valence-electron chi connectivity index (χ2n) is 9.04. The molecule has 206 valence electrons. The number of benzene rings is 2. The van der Waals surface area contributed by atoms with Gasteiger partial charge in [0.25, 0.3) is 0 Å². The summed E-state index contributed by atoms with van der Waals surface area (Å²) in [6.07, 6.45) is 5.28. The minimum atomic E-state index is -3.22. The number of fused-ring (bicyclic) bond motifs is 1. The van der Waals surface area contributed by atoms with E-state index in [1.807, 2.05) is 24.3 Å². The number of aromatic nitrogens is 1. The summed E-state index contributed by atoms with van der Waals surface area (Å²) in [5, 5.41) is 19.0. The zero-order chi connectivity index (χ0) is 28.3. The summed E-state index contributed by atoms with van der Waals surface area (Å²) in [5.74, 6) is -3.67. The number of nitrogens with one attached hydrogen (secondary N) is 3. The summed E-state index contributed by atoms with van der Waals surface area (Å²) in [6, 6.07) is 13.8. The van der Waals surface area contributed by atoms with Gasteiger partial charge in [0.05, 0.1) is 12.7 Å². The number of aromatic amines is 1. The lowest BCUT2D eigenvalue weighted by Gasteiger charge is -2.09. The Morgan fingerprint density at radius 1 is 0.921 bits per heavy atom. The number of carbonyl (C=O) groups is 3. The predicted octanol–water partition coefficient (Wildman–Crippen LogP) is 1.38. The Morgan fingerprint density at radius 3 is 2.11 bits per heavy atom. The van der Waals surface area contributed by atoms with Crippen molar-refractivity contribution >= 4 is 38.8 Å². The van der Waals surface area contributed by atoms with E-state index in [9.17, 15) is 13.2 Å². The largest absolute Gasteiger partial charge is 0.473 e. The van der Waals surface area contributed by atoms with E-state index in [0.29, 0.717) is 13.0 Å². The van der Waals surface area contributed by atoms with Crippen molar-refractivity contribution in [1.82, 2.24) is 19.9 Å². The van der Waals surface area contributed by atoms with Crippen molar-refractivity contribution in [3.8, 4) is 0 Å². The van der Waals surface area contributed by atoms with Gasteiger partial charge >= 0.3 is 11.9 Å². The number of hydrogen-bond acceptors (Lipinski definition) is 6. The monoisotopic (exact) mass is 546 g/mol. The van der Waals surface area contributed by atoms with E-state index in [1.165, 1.54) is 16.5 Å². The molecule has 0 aliphatic rings. The molecule has 3 rings (SSSR count). The van der Waals surface area contributed by atoms with E-state index in [4.69, 9.17) is 19.8 Å². The fourth-order valence-electron chi connectivity index (χ4n) is 3.52. The van der Waals surface area contributed by atoms with Gasteiger partial charge in [-0.25, -0.2) is 22.7 Å². The topological polar surface area (TPSA) is 169 Å². The molecular weight excluding hydrogens is 512 g/mol. The molecule has 1 heterocycles. The zero-order valence-corrected chi connectivity index (χ0v) is 22.5. The molecule has 0 radical (unpaired) electrons. The highest BCUT2D eigenvalue weighted by Crippen LogP contribution is 2.21. The number of sulfonamides is 1. The first-order valence-electron chi connectivity index (χ1n) is 11.8. The van der Waals surface area contributed by atoms with Crippen LogP contribution in [0.4, 0.5) is 0 Å². The molecule has 0 atom stereocenters. The van der Waals surface area contributed by atoms with Crippen molar-refractivity contribution in [2.75, 3.05) is 33.4 Å². The molecule has 12 heteroatoms. The molecule has 0 saturated carbocycles. The number of likely N-dealkylation sites (N-methyl/N-ethyl adjacent to an activating group) is 1. The summed E-state index contributed by atoms with van der Waals surface area (Å²) >= 11 is 0. The smallest absolute Gasteiger partial charge is 0.414 e. The van der Waals surface area contributed by atoms with Crippen molar-refractivity contribution in [2.24, 2.45) is 0 Å². The summed E-state index contributed by atoms with van der Waals surface area (Å²) in [4.78, 5) is 36.0. The highest BCUT2D eigenvalue weighted by Gasteiger charge is 2.08. The van der Waals surface area contributed by atoms with Crippen LogP contribution >= 0.6 is 0 Å². The number of nitrogens with zero attached hydrogens (tertiary/aromatic N) is 1. The Kier molecular flexibility index (Phi) is 11.4. The third-order valence-corrected chi connectivity index (χ3v) is 6.17. The SMILES string of the molecule is CN(C)CCc1c[nH]c2ccc(CCNC(=O)Cc3ccc(CNS(C)(=O)=O)cc3)cc12.O=C(O)C(=O)O. The lowest BCUT2D eigenvalue weighted by Crippen LogP contribution is -2.27. The number of carboxylic acids is 2. The van der Waals surface area contributed by atoms with Crippen molar-refractivity contribution in [3.05, 3.63) is 70.9 Å². The molecule has 1 amide bonds. The van der Waals surface area contributed by atoms with Crippen molar-refractivity contribution in [2.45, 2.75) is 25.8 Å². The number of aliphatic carboxylic acids is 2. The van der Waals surface area contributed by atoms with Gasteiger partial charge in [0.1, 0.15) is 0 Å². The van der Waals surface area contributed by atoms with Crippen molar-refractivity contribution in [3.63, 3.8) is 0 Å². The molecule has 0 saturated heterocycles. The number of carboxylic acid groups (broad SMARTS) is 2. The highest BCUT2D eigenvalue weighted by molar-refractivity contribution is 7.88. The summed E-state index contributed by atoms with van der Waals surface area (Å²) < 4.78 is 24.8. The third-order valence-electron chi connectivity index (χ3n) is 5.51. The van der Waals surface area contributed by atoms with Gasteiger partial charge in [-0.1, -0.05) is 30.3 Å². The van der Waals surface area contributed by atoms with Gasteiger partial charge in [-0.05, 0) is 61.3 Å². The van der Waals surface area contributed by atoms with Gasteiger partial charge < -0.3 is 25.4 Å². The maximum atomic E-state index is 12.3. The van der Waals surface area contributed by atoms with Gasteiger partial charge in [0, 0.05) is 36.7 Å². The van der Waals surface area contributed by atoms with E-state index in [2.05, 4.69) is 58.4 Å². The van der Waals surface area contributed by atoms with E-state index in [-0.39, 0.29) is 12.5 Å². The van der Waals surface area contributed by atoms with Crippen LogP contribution in [0, 0.1) is 0 Å². The Morgan fingerprint density at radius 2 is 1.53 bits per heavy atom. The van der Waals surface area contributed by atoms with Crippen LogP contribution in [0.2, 0.25) is 0 Å². The molecule has 2 aromatic carbocycles. The predicted molar refractivity (Wildman–Crippen MR) is 144 cm³/mol. The Hall–Kier alpha value is -3.74. The fourth-order valence-corrected chi connectivity index (χ4v) is 3.94. The number of H-pyrrole nitrogens is 1. The van der Waals surface area contributed by atoms with Crippen LogP contribution in [0.25, 0.3) is 10.9 Å². The van der Waals surface area contributed by atoms with Crippen LogP contribution < -0.4 is 10.0 Å². The van der Waals surface area contributed by atoms with E-state index < -0.39 is 22.0 Å². The molecule has 0 fully saturated rings. The molecule has 0 unspecified atom stereocenters. The van der Waals surface area contributed by atoms with Crippen LogP contribution in [-0.4, -0.2) is 79.8 Å². The van der Waals surface area contributed by atoms with Crippen LogP contribution in [-0.2, 0) is 50.2 Å². The lowest BCUT2D eigenvalue weighted by molar-refractivity contribution is -0.159. The van der Waals surface area contributed by atoms with Crippen LogP contribution in [0.1, 0.15) is 22.3 Å². The lowest BCUT2D eigenvalue weighted by atomic mass is 10.1. The minimum absolute atomic E-state index is 0.0265. The summed E-state index contributed by atoms with van der Waals surface area (Å²) in [5.41, 5.74) is 5.40. The molecule has 38 heavy (non-hydrogen) atoms. The first-order valence-corrected chi connectivity index (χ1v) is 13.7. The molecule has 0 spiro atoms. The van der Waals surface area contributed by atoms with Gasteiger partial charge in [-0.2, -0.15) is 0 Å². The van der Waals surface area contributed by atoms with E-state index in [1.54, 1.807) is 0 Å². The maximum Gasteiger partial charge on any atom is 0.414 e. The number of amides is 1. The van der Waals surface area contributed by atoms with E-state index >= 15 is 0 Å². The molecule has 5 N–H and O–H groups in total. The number of rotatable bonds is 11. The van der Waals surface area contributed by atoms with Crippen molar-refractivity contribution < 1.29 is 33.0 Å². The standard InChI is InChI=1S/C24H32N4O3S.C2H2O4/c1-28(2)13-11-21-17-26-23-9-8-19(14-22(21)23)10-12-25-24(29)15-18-4-6-20(7-5-18)16-27-32(3,30)31;3-1(4)2(5)6/h4-9,14,17,26-27H,10-13,15-16H2,1-3H3,(H,25,29);(H,3,4)(H,5,6). The first kappa shape index (κ1) is 30.5. The quantitative estimate of drug-likeness (QED) is 0.225. The molecule has 1 aromatic heterocycles. The normalized spacial score (nSPS) is 11.2. The average Bonchev–Trinajstić information content (AvgIpc) is 3.24. The minimum Gasteiger partial charge on any atom is -0.473 e. The third kappa shape index (κ3) is 11.1. The molecule has 0 aliphatic heterocycles. The van der Waals surface area contributed by atoms with Gasteiger partial charge in [0.15, 0.2) is 0 Å². The van der Waals surface area contributed by atoms with Crippen molar-refractivity contribution in [1.29, 1.82) is 0 Å². The molecule has 0 bridgehead atoms. The maximum absolute atomic E-state index is 12.3.